The lowest BCUT2D eigenvalue weighted by Crippen LogP contribution is -2.39. The first kappa shape index (κ1) is 10.7. The number of amides is 3. The summed E-state index contributed by atoms with van der Waals surface area (Å²) < 4.78 is 0. The van der Waals surface area contributed by atoms with Gasteiger partial charge in [0.1, 0.15) is 0 Å². The Bertz CT molecular complexity index is 309. The van der Waals surface area contributed by atoms with Crippen molar-refractivity contribution in [2.75, 3.05) is 6.54 Å². The van der Waals surface area contributed by atoms with Crippen LogP contribution in [0.1, 0.15) is 23.0 Å². The fraction of sp³-hybridized carbons (Fsp3) is 0.333. The number of nitrogens with one attached hydrogen (secondary N) is 2. The lowest BCUT2D eigenvalue weighted by atomic mass is 10.4. The zero-order valence-corrected chi connectivity index (χ0v) is 8.69. The number of hydrogen-bond acceptors (Lipinski definition) is 3. The maximum atomic E-state index is 11.3. The molecule has 0 saturated heterocycles. The molecule has 1 aromatic rings. The molecule has 1 heterocycles. The normalized spacial score (nSPS) is 9.50. The van der Waals surface area contributed by atoms with Crippen molar-refractivity contribution in [3.05, 3.63) is 22.4 Å². The molecule has 0 aliphatic carbocycles. The van der Waals surface area contributed by atoms with Crippen LogP contribution in [0.2, 0.25) is 0 Å². The van der Waals surface area contributed by atoms with Gasteiger partial charge in [-0.15, -0.1) is 11.3 Å². The molecule has 0 radical (unpaired) electrons. The fourth-order valence-corrected chi connectivity index (χ4v) is 1.47. The average Bonchev–Trinajstić information content (AvgIpc) is 2.67. The van der Waals surface area contributed by atoms with E-state index < -0.39 is 6.03 Å². The quantitative estimate of drug-likeness (QED) is 0.799. The SMILES string of the molecule is CCCNC(=O)NC(=O)c1cccs1. The van der Waals surface area contributed by atoms with E-state index in [9.17, 15) is 9.59 Å². The highest BCUT2D eigenvalue weighted by Gasteiger charge is 2.09. The van der Waals surface area contributed by atoms with Crippen LogP contribution in [0, 0.1) is 0 Å². The van der Waals surface area contributed by atoms with Crippen molar-refractivity contribution in [1.29, 1.82) is 0 Å². The van der Waals surface area contributed by atoms with Crippen LogP contribution in [0.15, 0.2) is 17.5 Å². The number of carbonyl (C=O) groups is 2. The van der Waals surface area contributed by atoms with Crippen LogP contribution in [0.25, 0.3) is 0 Å². The van der Waals surface area contributed by atoms with Gasteiger partial charge in [0.05, 0.1) is 4.88 Å². The average molecular weight is 212 g/mol. The third-order valence-corrected chi connectivity index (χ3v) is 2.38. The van der Waals surface area contributed by atoms with Crippen molar-refractivity contribution < 1.29 is 9.59 Å². The Morgan fingerprint density at radius 3 is 2.86 bits per heavy atom. The minimum Gasteiger partial charge on any atom is -0.338 e. The largest absolute Gasteiger partial charge is 0.338 e. The molecule has 0 aliphatic rings. The minimum absolute atomic E-state index is 0.353. The zero-order valence-electron chi connectivity index (χ0n) is 7.87. The number of urea groups is 1. The Kier molecular flexibility index (Phi) is 4.12. The number of carbonyl (C=O) groups excluding carboxylic acids is 2. The summed E-state index contributed by atoms with van der Waals surface area (Å²) >= 11 is 1.30. The highest BCUT2D eigenvalue weighted by molar-refractivity contribution is 7.12. The third kappa shape index (κ3) is 3.18. The molecule has 2 N–H and O–H groups in total. The summed E-state index contributed by atoms with van der Waals surface area (Å²) in [6, 6.07) is 3.00. The van der Waals surface area contributed by atoms with Gasteiger partial charge in [0, 0.05) is 6.54 Å². The molecule has 76 valence electrons. The first-order valence-corrected chi connectivity index (χ1v) is 5.24. The number of hydrogen-bond donors (Lipinski definition) is 2. The van der Waals surface area contributed by atoms with Crippen molar-refractivity contribution in [2.45, 2.75) is 13.3 Å². The summed E-state index contributed by atoms with van der Waals surface area (Å²) in [5, 5.41) is 6.59. The number of imide groups is 1. The van der Waals surface area contributed by atoms with E-state index in [2.05, 4.69) is 10.6 Å². The third-order valence-electron chi connectivity index (χ3n) is 1.51. The summed E-state index contributed by atoms with van der Waals surface area (Å²) in [5.74, 6) is -0.353. The van der Waals surface area contributed by atoms with Gasteiger partial charge in [0.15, 0.2) is 0 Å². The summed E-state index contributed by atoms with van der Waals surface area (Å²) in [7, 11) is 0. The van der Waals surface area contributed by atoms with E-state index in [0.29, 0.717) is 11.4 Å². The molecule has 1 rings (SSSR count). The number of thiophene rings is 1. The van der Waals surface area contributed by atoms with Gasteiger partial charge in [0.25, 0.3) is 5.91 Å². The van der Waals surface area contributed by atoms with Crippen LogP contribution in [0.5, 0.6) is 0 Å². The minimum atomic E-state index is -0.440. The van der Waals surface area contributed by atoms with Crippen molar-refractivity contribution >= 4 is 23.3 Å². The van der Waals surface area contributed by atoms with Crippen molar-refractivity contribution in [1.82, 2.24) is 10.6 Å². The van der Waals surface area contributed by atoms with Crippen LogP contribution < -0.4 is 10.6 Å². The highest BCUT2D eigenvalue weighted by Crippen LogP contribution is 2.07. The summed E-state index contributed by atoms with van der Waals surface area (Å²) in [5.41, 5.74) is 0. The van der Waals surface area contributed by atoms with E-state index in [1.54, 1.807) is 17.5 Å². The highest BCUT2D eigenvalue weighted by atomic mass is 32.1. The van der Waals surface area contributed by atoms with Crippen LogP contribution in [-0.4, -0.2) is 18.5 Å². The predicted molar refractivity (Wildman–Crippen MR) is 55.5 cm³/mol. The molecule has 4 nitrogen and oxygen atoms in total. The second-order valence-corrected chi connectivity index (χ2v) is 3.64. The smallest absolute Gasteiger partial charge is 0.321 e. The second kappa shape index (κ2) is 5.39. The molecular weight excluding hydrogens is 200 g/mol. The fourth-order valence-electron chi connectivity index (χ4n) is 0.855. The zero-order chi connectivity index (χ0) is 10.4. The maximum Gasteiger partial charge on any atom is 0.321 e. The molecule has 0 spiro atoms. The molecule has 0 aliphatic heterocycles. The lowest BCUT2D eigenvalue weighted by molar-refractivity contribution is 0.0968. The van der Waals surface area contributed by atoms with Gasteiger partial charge in [-0.3, -0.25) is 10.1 Å². The molecular formula is C9H12N2O2S. The number of rotatable bonds is 3. The molecule has 0 unspecified atom stereocenters. The molecule has 0 aromatic carbocycles. The van der Waals surface area contributed by atoms with Crippen LogP contribution in [0.4, 0.5) is 4.79 Å². The maximum absolute atomic E-state index is 11.3. The first-order valence-electron chi connectivity index (χ1n) is 4.36. The summed E-state index contributed by atoms with van der Waals surface area (Å²) in [6.07, 6.45) is 0.848. The molecule has 0 saturated carbocycles. The van der Waals surface area contributed by atoms with Gasteiger partial charge in [-0.25, -0.2) is 4.79 Å². The van der Waals surface area contributed by atoms with Gasteiger partial charge in [-0.05, 0) is 17.9 Å². The van der Waals surface area contributed by atoms with Gasteiger partial charge >= 0.3 is 6.03 Å². The first-order chi connectivity index (χ1) is 6.74. The molecule has 0 atom stereocenters. The van der Waals surface area contributed by atoms with E-state index in [4.69, 9.17) is 0 Å². The van der Waals surface area contributed by atoms with Crippen molar-refractivity contribution in [3.8, 4) is 0 Å². The molecule has 5 heteroatoms. The van der Waals surface area contributed by atoms with Gasteiger partial charge in [-0.1, -0.05) is 13.0 Å². The molecule has 0 bridgehead atoms. The summed E-state index contributed by atoms with van der Waals surface area (Å²) in [6.45, 7) is 2.52. The van der Waals surface area contributed by atoms with Gasteiger partial charge < -0.3 is 5.32 Å². The predicted octanol–water partition coefficient (Wildman–Crippen LogP) is 1.60. The Balaban J connectivity index is 2.38. The van der Waals surface area contributed by atoms with Crippen molar-refractivity contribution in [2.24, 2.45) is 0 Å². The standard InChI is InChI=1S/C9H12N2O2S/c1-2-5-10-9(13)11-8(12)7-4-3-6-14-7/h3-4,6H,2,5H2,1H3,(H2,10,11,12,13). The van der Waals surface area contributed by atoms with Crippen LogP contribution in [-0.2, 0) is 0 Å². The molecule has 0 fully saturated rings. The summed E-state index contributed by atoms with van der Waals surface area (Å²) in [4.78, 5) is 22.9. The monoisotopic (exact) mass is 212 g/mol. The molecule has 14 heavy (non-hydrogen) atoms. The molecule has 3 amide bonds. The van der Waals surface area contributed by atoms with E-state index >= 15 is 0 Å². The van der Waals surface area contributed by atoms with E-state index in [-0.39, 0.29) is 5.91 Å². The van der Waals surface area contributed by atoms with Crippen LogP contribution >= 0.6 is 11.3 Å². The van der Waals surface area contributed by atoms with Gasteiger partial charge in [-0.2, -0.15) is 0 Å². The Morgan fingerprint density at radius 1 is 1.50 bits per heavy atom. The Hall–Kier alpha value is -1.36. The van der Waals surface area contributed by atoms with E-state index in [1.165, 1.54) is 11.3 Å². The van der Waals surface area contributed by atoms with Crippen LogP contribution in [0.3, 0.4) is 0 Å². The lowest BCUT2D eigenvalue weighted by Gasteiger charge is -2.03. The Morgan fingerprint density at radius 2 is 2.29 bits per heavy atom. The van der Waals surface area contributed by atoms with Crippen molar-refractivity contribution in [3.63, 3.8) is 0 Å². The van der Waals surface area contributed by atoms with Gasteiger partial charge in [0.2, 0.25) is 0 Å². The Labute approximate surface area is 86.3 Å². The van der Waals surface area contributed by atoms with E-state index in [0.717, 1.165) is 6.42 Å². The molecule has 1 aromatic heterocycles. The second-order valence-electron chi connectivity index (χ2n) is 2.69. The topological polar surface area (TPSA) is 58.2 Å². The van der Waals surface area contributed by atoms with E-state index in [1.807, 2.05) is 6.92 Å².